The fourth-order valence-electron chi connectivity index (χ4n) is 3.13. The van der Waals surface area contributed by atoms with Crippen LogP contribution in [0.4, 0.5) is 18.9 Å². The highest BCUT2D eigenvalue weighted by Gasteiger charge is 2.30. The summed E-state index contributed by atoms with van der Waals surface area (Å²) < 4.78 is 49.9. The van der Waals surface area contributed by atoms with Gasteiger partial charge in [-0.1, -0.05) is 12.1 Å². The Morgan fingerprint density at radius 3 is 2.15 bits per heavy atom. The van der Waals surface area contributed by atoms with Gasteiger partial charge in [-0.3, -0.25) is 9.48 Å². The molecule has 0 aliphatic heterocycles. The number of aryl methyl sites for hydroxylation is 2. The quantitative estimate of drug-likeness (QED) is 0.506. The third-order valence-electron chi connectivity index (χ3n) is 4.66. The fourth-order valence-corrected chi connectivity index (χ4v) is 3.13. The van der Waals surface area contributed by atoms with Gasteiger partial charge in [-0.25, -0.2) is 4.79 Å². The number of alkyl halides is 3. The number of benzene rings is 2. The van der Waals surface area contributed by atoms with Gasteiger partial charge in [0, 0.05) is 7.05 Å². The van der Waals surface area contributed by atoms with Gasteiger partial charge in [-0.2, -0.15) is 18.3 Å². The summed E-state index contributed by atoms with van der Waals surface area (Å²) in [5.41, 5.74) is 0.845. The van der Waals surface area contributed by atoms with Crippen molar-refractivity contribution in [2.75, 3.05) is 11.9 Å². The van der Waals surface area contributed by atoms with Crippen LogP contribution < -0.4 is 10.1 Å². The maximum atomic E-state index is 12.7. The lowest BCUT2D eigenvalue weighted by Gasteiger charge is -2.10. The van der Waals surface area contributed by atoms with E-state index in [4.69, 9.17) is 9.47 Å². The van der Waals surface area contributed by atoms with E-state index < -0.39 is 17.7 Å². The van der Waals surface area contributed by atoms with Crippen molar-refractivity contribution in [3.8, 4) is 11.5 Å². The van der Waals surface area contributed by atoms with E-state index in [9.17, 15) is 22.8 Å². The van der Waals surface area contributed by atoms with Crippen LogP contribution in [0.25, 0.3) is 0 Å². The van der Waals surface area contributed by atoms with Gasteiger partial charge in [0.05, 0.1) is 30.0 Å². The van der Waals surface area contributed by atoms with Crippen molar-refractivity contribution in [3.05, 3.63) is 71.0 Å². The molecule has 3 aromatic rings. The van der Waals surface area contributed by atoms with E-state index in [1.165, 1.54) is 16.8 Å². The molecule has 10 heteroatoms. The number of nitrogens with one attached hydrogen (secondary N) is 1. The number of carbonyl (C=O) groups is 2. The van der Waals surface area contributed by atoms with E-state index in [-0.39, 0.29) is 30.4 Å². The summed E-state index contributed by atoms with van der Waals surface area (Å²) in [4.78, 5) is 24.7. The normalized spacial score (nSPS) is 11.2. The van der Waals surface area contributed by atoms with Crippen molar-refractivity contribution < 1.29 is 32.2 Å². The Balaban J connectivity index is 1.64. The van der Waals surface area contributed by atoms with E-state index in [1.807, 2.05) is 0 Å². The van der Waals surface area contributed by atoms with Crippen LogP contribution in [0.3, 0.4) is 0 Å². The summed E-state index contributed by atoms with van der Waals surface area (Å²) in [6.45, 7) is 3.55. The summed E-state index contributed by atoms with van der Waals surface area (Å²) in [7, 11) is 1.59. The van der Waals surface area contributed by atoms with Crippen LogP contribution >= 0.6 is 0 Å². The van der Waals surface area contributed by atoms with Crippen LogP contribution in [0.5, 0.6) is 11.5 Å². The second-order valence-electron chi connectivity index (χ2n) is 7.15. The van der Waals surface area contributed by atoms with Crippen LogP contribution in [0.15, 0.2) is 48.5 Å². The van der Waals surface area contributed by atoms with Crippen molar-refractivity contribution >= 4 is 17.6 Å². The van der Waals surface area contributed by atoms with E-state index in [1.54, 1.807) is 45.2 Å². The zero-order valence-electron chi connectivity index (χ0n) is 18.2. The van der Waals surface area contributed by atoms with Crippen molar-refractivity contribution in [2.45, 2.75) is 26.4 Å². The van der Waals surface area contributed by atoms with E-state index >= 15 is 0 Å². The van der Waals surface area contributed by atoms with Gasteiger partial charge in [0.25, 0.3) is 0 Å². The number of esters is 1. The first kappa shape index (κ1) is 23.8. The number of carbonyl (C=O) groups excluding carboxylic acids is 2. The van der Waals surface area contributed by atoms with Crippen molar-refractivity contribution in [3.63, 3.8) is 0 Å². The van der Waals surface area contributed by atoms with E-state index in [0.717, 1.165) is 12.1 Å². The van der Waals surface area contributed by atoms with Gasteiger partial charge >= 0.3 is 12.1 Å². The summed E-state index contributed by atoms with van der Waals surface area (Å²) in [5.74, 6) is -0.271. The van der Waals surface area contributed by atoms with Gasteiger partial charge in [0.2, 0.25) is 5.91 Å². The minimum atomic E-state index is -4.41. The zero-order chi connectivity index (χ0) is 24.2. The van der Waals surface area contributed by atoms with Crippen LogP contribution in [0, 0.1) is 6.92 Å². The Hall–Kier alpha value is -3.82. The summed E-state index contributed by atoms with van der Waals surface area (Å²) >= 11 is 0. The van der Waals surface area contributed by atoms with Gasteiger partial charge in [-0.15, -0.1) is 0 Å². The summed E-state index contributed by atoms with van der Waals surface area (Å²) in [6.07, 6.45) is -4.39. The molecule has 1 amide bonds. The number of halogens is 3. The first-order valence-electron chi connectivity index (χ1n) is 10.0. The second-order valence-corrected chi connectivity index (χ2v) is 7.15. The minimum absolute atomic E-state index is 0.0250. The molecule has 3 rings (SSSR count). The maximum Gasteiger partial charge on any atom is 0.416 e. The molecule has 0 saturated heterocycles. The molecule has 7 nitrogen and oxygen atoms in total. The summed E-state index contributed by atoms with van der Waals surface area (Å²) in [5, 5.41) is 6.88. The van der Waals surface area contributed by atoms with Crippen LogP contribution in [-0.4, -0.2) is 28.3 Å². The van der Waals surface area contributed by atoms with Gasteiger partial charge in [0.15, 0.2) is 5.69 Å². The number of hydrogen-bond acceptors (Lipinski definition) is 5. The molecular weight excluding hydrogens is 439 g/mol. The maximum absolute atomic E-state index is 12.7. The highest BCUT2D eigenvalue weighted by molar-refractivity contribution is 6.01. The van der Waals surface area contributed by atoms with Crippen molar-refractivity contribution in [1.82, 2.24) is 9.78 Å². The Bertz CT molecular complexity index is 1140. The number of aromatic nitrogens is 2. The topological polar surface area (TPSA) is 82.4 Å². The Morgan fingerprint density at radius 2 is 1.61 bits per heavy atom. The molecule has 0 spiro atoms. The smallest absolute Gasteiger partial charge is 0.416 e. The minimum Gasteiger partial charge on any atom is -0.461 e. The van der Waals surface area contributed by atoms with Crippen LogP contribution in [-0.2, 0) is 29.2 Å². The van der Waals surface area contributed by atoms with Gasteiger partial charge in [-0.05, 0) is 55.8 Å². The lowest BCUT2D eigenvalue weighted by Crippen LogP contribution is -2.18. The lowest BCUT2D eigenvalue weighted by atomic mass is 10.1. The Morgan fingerprint density at radius 1 is 1.03 bits per heavy atom. The standard InChI is InChI=1S/C23H22F3N3O4/c1-4-32-22(31)21-20(14(2)28-29(21)3)27-19(30)13-15-5-9-17(10-6-15)33-18-11-7-16(8-12-18)23(24,25)26/h5-12H,4,13H2,1-3H3,(H,27,30). The third-order valence-corrected chi connectivity index (χ3v) is 4.66. The lowest BCUT2D eigenvalue weighted by molar-refractivity contribution is -0.137. The molecule has 0 aliphatic rings. The van der Waals surface area contributed by atoms with E-state index in [2.05, 4.69) is 10.4 Å². The number of nitrogens with zero attached hydrogens (tertiary/aromatic N) is 2. The largest absolute Gasteiger partial charge is 0.461 e. The second kappa shape index (κ2) is 9.76. The molecule has 0 aliphatic carbocycles. The molecule has 1 heterocycles. The van der Waals surface area contributed by atoms with Gasteiger partial charge < -0.3 is 14.8 Å². The molecule has 33 heavy (non-hydrogen) atoms. The number of hydrogen-bond donors (Lipinski definition) is 1. The highest BCUT2D eigenvalue weighted by Crippen LogP contribution is 2.31. The predicted octanol–water partition coefficient (Wildman–Crippen LogP) is 4.90. The SMILES string of the molecule is CCOC(=O)c1c(NC(=O)Cc2ccc(Oc3ccc(C(F)(F)F)cc3)cc2)c(C)nn1C. The Labute approximate surface area is 188 Å². The van der Waals surface area contributed by atoms with Crippen LogP contribution in [0.2, 0.25) is 0 Å². The summed E-state index contributed by atoms with van der Waals surface area (Å²) in [6, 6.07) is 10.9. The third kappa shape index (κ3) is 5.91. The number of anilines is 1. The molecule has 2 aromatic carbocycles. The molecule has 0 bridgehead atoms. The highest BCUT2D eigenvalue weighted by atomic mass is 19.4. The number of ether oxygens (including phenoxy) is 2. The first-order valence-corrected chi connectivity index (χ1v) is 10.0. The average Bonchev–Trinajstić information content (AvgIpc) is 3.02. The molecule has 0 radical (unpaired) electrons. The number of amides is 1. The Kier molecular flexibility index (Phi) is 7.05. The molecular formula is C23H22F3N3O4. The fraction of sp³-hybridized carbons (Fsp3) is 0.261. The van der Waals surface area contributed by atoms with Gasteiger partial charge in [0.1, 0.15) is 11.5 Å². The van der Waals surface area contributed by atoms with Crippen molar-refractivity contribution in [2.24, 2.45) is 7.05 Å². The molecule has 1 N–H and O–H groups in total. The molecule has 0 saturated carbocycles. The predicted molar refractivity (Wildman–Crippen MR) is 114 cm³/mol. The van der Waals surface area contributed by atoms with Crippen molar-refractivity contribution in [1.29, 1.82) is 0 Å². The molecule has 174 valence electrons. The average molecular weight is 461 g/mol. The molecule has 0 fully saturated rings. The monoisotopic (exact) mass is 461 g/mol. The van der Waals surface area contributed by atoms with E-state index in [0.29, 0.717) is 22.7 Å². The molecule has 0 atom stereocenters. The zero-order valence-corrected chi connectivity index (χ0v) is 18.2. The molecule has 1 aromatic heterocycles. The first-order chi connectivity index (χ1) is 15.6. The van der Waals surface area contributed by atoms with Crippen LogP contribution in [0.1, 0.15) is 34.2 Å². The molecule has 0 unspecified atom stereocenters. The number of rotatable bonds is 7.